The smallest absolute Gasteiger partial charge is 0.341 e. The molecule has 1 aromatic carbocycles. The molecule has 0 aliphatic heterocycles. The number of rotatable bonds is 10. The van der Waals surface area contributed by atoms with Crippen LogP contribution in [0.25, 0.3) is 0 Å². The van der Waals surface area contributed by atoms with Crippen LogP contribution in [0.2, 0.25) is 0 Å². The molecule has 0 aliphatic carbocycles. The Morgan fingerprint density at radius 1 is 1.32 bits per heavy atom. The first-order chi connectivity index (χ1) is 13.4. The summed E-state index contributed by atoms with van der Waals surface area (Å²) in [4.78, 5) is 35.8. The minimum absolute atomic E-state index is 0.0237. The summed E-state index contributed by atoms with van der Waals surface area (Å²) in [5.74, 6) is -1.30. The molecule has 0 fully saturated rings. The number of nitrogens with zero attached hydrogens (tertiary/aromatic N) is 1. The van der Waals surface area contributed by atoms with Crippen molar-refractivity contribution in [3.8, 4) is 0 Å². The predicted octanol–water partition coefficient (Wildman–Crippen LogP) is 2.75. The number of thiophene rings is 1. The highest BCUT2D eigenvalue weighted by atomic mass is 32.1. The summed E-state index contributed by atoms with van der Waals surface area (Å²) in [6.45, 7) is 2.11. The maximum absolute atomic E-state index is 12.4. The van der Waals surface area contributed by atoms with Gasteiger partial charge in [0, 0.05) is 36.4 Å². The van der Waals surface area contributed by atoms with Crippen molar-refractivity contribution in [2.45, 2.75) is 13.0 Å². The summed E-state index contributed by atoms with van der Waals surface area (Å²) in [6, 6.07) is 7.37. The second-order valence-electron chi connectivity index (χ2n) is 5.79. The van der Waals surface area contributed by atoms with E-state index < -0.39 is 23.4 Å². The fraction of sp³-hybridized carbons (Fsp3) is 0.333. The van der Waals surface area contributed by atoms with Gasteiger partial charge in [0.2, 0.25) is 0 Å². The molecule has 0 saturated heterocycles. The van der Waals surface area contributed by atoms with Crippen molar-refractivity contribution in [1.82, 2.24) is 5.32 Å². The number of carbonyl (C=O) groups is 2. The standard InChI is InChI=1S/C18H21N3O6S/c1-12(16-4-3-9-28-16)20-17(22)11-27-18(23)14-10-13(21(24)25)5-6-15(14)19-7-8-26-2/h3-6,9-10,12,19H,7-8,11H2,1-2H3,(H,20,22)/t12-/m1/s1. The van der Waals surface area contributed by atoms with Crippen molar-refractivity contribution in [1.29, 1.82) is 0 Å². The fourth-order valence-electron chi connectivity index (χ4n) is 2.36. The van der Waals surface area contributed by atoms with Crippen LogP contribution >= 0.6 is 11.3 Å². The topological polar surface area (TPSA) is 120 Å². The van der Waals surface area contributed by atoms with Crippen LogP contribution in [0.1, 0.15) is 28.2 Å². The van der Waals surface area contributed by atoms with Crippen LogP contribution in [-0.4, -0.2) is 43.7 Å². The van der Waals surface area contributed by atoms with E-state index in [0.29, 0.717) is 18.8 Å². The zero-order valence-corrected chi connectivity index (χ0v) is 16.3. The Kier molecular flexibility index (Phi) is 7.90. The van der Waals surface area contributed by atoms with Gasteiger partial charge in [0.1, 0.15) is 0 Å². The van der Waals surface area contributed by atoms with Gasteiger partial charge in [-0.1, -0.05) is 6.07 Å². The van der Waals surface area contributed by atoms with Crippen LogP contribution < -0.4 is 10.6 Å². The van der Waals surface area contributed by atoms with Crippen LogP contribution in [0, 0.1) is 10.1 Å². The third kappa shape index (κ3) is 6.03. The Balaban J connectivity index is 2.01. The number of hydrogen-bond donors (Lipinski definition) is 2. The molecule has 2 aromatic rings. The van der Waals surface area contributed by atoms with E-state index in [2.05, 4.69) is 10.6 Å². The van der Waals surface area contributed by atoms with Gasteiger partial charge in [-0.05, 0) is 24.4 Å². The Bertz CT molecular complexity index is 825. The van der Waals surface area contributed by atoms with E-state index in [4.69, 9.17) is 9.47 Å². The molecule has 2 rings (SSSR count). The summed E-state index contributed by atoms with van der Waals surface area (Å²) in [6.07, 6.45) is 0. The summed E-state index contributed by atoms with van der Waals surface area (Å²) >= 11 is 1.51. The summed E-state index contributed by atoms with van der Waals surface area (Å²) in [7, 11) is 1.53. The summed E-state index contributed by atoms with van der Waals surface area (Å²) < 4.78 is 9.98. The molecule has 150 valence electrons. The van der Waals surface area contributed by atoms with E-state index in [1.807, 2.05) is 24.4 Å². The van der Waals surface area contributed by atoms with E-state index in [0.717, 1.165) is 10.9 Å². The average molecular weight is 407 g/mol. The van der Waals surface area contributed by atoms with E-state index in [1.54, 1.807) is 0 Å². The van der Waals surface area contributed by atoms with Gasteiger partial charge in [-0.2, -0.15) is 0 Å². The number of hydrogen-bond acceptors (Lipinski definition) is 8. The van der Waals surface area contributed by atoms with E-state index >= 15 is 0 Å². The monoisotopic (exact) mass is 407 g/mol. The zero-order chi connectivity index (χ0) is 20.5. The SMILES string of the molecule is COCCNc1ccc([N+](=O)[O-])cc1C(=O)OCC(=O)N[C@H](C)c1cccs1. The highest BCUT2D eigenvalue weighted by molar-refractivity contribution is 7.10. The van der Waals surface area contributed by atoms with Gasteiger partial charge in [-0.15, -0.1) is 11.3 Å². The quantitative estimate of drug-likeness (QED) is 0.269. The average Bonchev–Trinajstić information content (AvgIpc) is 3.21. The van der Waals surface area contributed by atoms with Crippen molar-refractivity contribution in [2.24, 2.45) is 0 Å². The van der Waals surface area contributed by atoms with Gasteiger partial charge in [0.25, 0.3) is 11.6 Å². The van der Waals surface area contributed by atoms with Crippen molar-refractivity contribution in [3.63, 3.8) is 0 Å². The Morgan fingerprint density at radius 3 is 2.75 bits per heavy atom. The second-order valence-corrected chi connectivity index (χ2v) is 6.77. The van der Waals surface area contributed by atoms with Gasteiger partial charge in [-0.3, -0.25) is 14.9 Å². The number of carbonyl (C=O) groups excluding carboxylic acids is 2. The Hall–Kier alpha value is -2.98. The van der Waals surface area contributed by atoms with Crippen LogP contribution in [0.15, 0.2) is 35.7 Å². The van der Waals surface area contributed by atoms with Crippen molar-refractivity contribution < 1.29 is 24.0 Å². The number of ether oxygens (including phenoxy) is 2. The molecule has 0 spiro atoms. The number of benzene rings is 1. The van der Waals surface area contributed by atoms with Crippen molar-refractivity contribution >= 4 is 34.6 Å². The molecule has 1 atom stereocenters. The van der Waals surface area contributed by atoms with Crippen LogP contribution in [0.3, 0.4) is 0 Å². The molecular formula is C18H21N3O6S. The maximum atomic E-state index is 12.4. The molecule has 9 nitrogen and oxygen atoms in total. The molecule has 0 aliphatic rings. The third-order valence-corrected chi connectivity index (χ3v) is 4.79. The number of nitro benzene ring substituents is 1. The number of nitro groups is 1. The van der Waals surface area contributed by atoms with Gasteiger partial charge < -0.3 is 20.1 Å². The molecule has 1 amide bonds. The lowest BCUT2D eigenvalue weighted by Gasteiger charge is -2.14. The molecule has 2 N–H and O–H groups in total. The normalized spacial score (nSPS) is 11.5. The van der Waals surface area contributed by atoms with Gasteiger partial charge in [0.05, 0.1) is 23.1 Å². The van der Waals surface area contributed by atoms with Gasteiger partial charge in [0.15, 0.2) is 6.61 Å². The predicted molar refractivity (Wildman–Crippen MR) is 105 cm³/mol. The van der Waals surface area contributed by atoms with E-state index in [1.165, 1.54) is 30.6 Å². The molecule has 1 heterocycles. The van der Waals surface area contributed by atoms with Gasteiger partial charge >= 0.3 is 5.97 Å². The maximum Gasteiger partial charge on any atom is 0.341 e. The lowest BCUT2D eigenvalue weighted by atomic mass is 10.1. The Labute approximate surface area is 165 Å². The molecule has 28 heavy (non-hydrogen) atoms. The van der Waals surface area contributed by atoms with Crippen LogP contribution in [0.5, 0.6) is 0 Å². The number of methoxy groups -OCH3 is 1. The second kappa shape index (κ2) is 10.4. The summed E-state index contributed by atoms with van der Waals surface area (Å²) in [5.41, 5.74) is 0.0874. The van der Waals surface area contributed by atoms with Crippen LogP contribution in [-0.2, 0) is 14.3 Å². The molecule has 10 heteroatoms. The highest BCUT2D eigenvalue weighted by Gasteiger charge is 2.19. The summed E-state index contributed by atoms with van der Waals surface area (Å²) in [5, 5.41) is 18.6. The minimum Gasteiger partial charge on any atom is -0.452 e. The third-order valence-electron chi connectivity index (χ3n) is 3.74. The molecular weight excluding hydrogens is 386 g/mol. The number of anilines is 1. The number of nitrogens with one attached hydrogen (secondary N) is 2. The molecule has 0 radical (unpaired) electrons. The number of esters is 1. The lowest BCUT2D eigenvalue weighted by molar-refractivity contribution is -0.384. The van der Waals surface area contributed by atoms with Gasteiger partial charge in [-0.25, -0.2) is 4.79 Å². The molecule has 0 unspecified atom stereocenters. The minimum atomic E-state index is -0.831. The first-order valence-corrected chi connectivity index (χ1v) is 9.31. The largest absolute Gasteiger partial charge is 0.452 e. The Morgan fingerprint density at radius 2 is 2.11 bits per heavy atom. The van der Waals surface area contributed by atoms with Crippen molar-refractivity contribution in [2.75, 3.05) is 32.2 Å². The van der Waals surface area contributed by atoms with Crippen LogP contribution in [0.4, 0.5) is 11.4 Å². The zero-order valence-electron chi connectivity index (χ0n) is 15.5. The highest BCUT2D eigenvalue weighted by Crippen LogP contribution is 2.23. The molecule has 1 aromatic heterocycles. The number of amides is 1. The first-order valence-electron chi connectivity index (χ1n) is 8.43. The van der Waals surface area contributed by atoms with E-state index in [9.17, 15) is 19.7 Å². The molecule has 0 saturated carbocycles. The molecule has 0 bridgehead atoms. The lowest BCUT2D eigenvalue weighted by Crippen LogP contribution is -2.30. The van der Waals surface area contributed by atoms with Crippen molar-refractivity contribution in [3.05, 3.63) is 56.3 Å². The van der Waals surface area contributed by atoms with E-state index in [-0.39, 0.29) is 17.3 Å². The first kappa shape index (κ1) is 21.3. The number of non-ortho nitro benzene ring substituents is 1. The fourth-order valence-corrected chi connectivity index (χ4v) is 3.09.